The van der Waals surface area contributed by atoms with Crippen molar-refractivity contribution >= 4 is 22.9 Å². The number of hydrogen-bond acceptors (Lipinski definition) is 2. The van der Waals surface area contributed by atoms with Gasteiger partial charge in [0.05, 0.1) is 6.61 Å². The molecule has 2 nitrogen and oxygen atoms in total. The summed E-state index contributed by atoms with van der Waals surface area (Å²) in [7, 11) is 0. The van der Waals surface area contributed by atoms with E-state index in [2.05, 4.69) is 32.9 Å². The first-order valence-electron chi connectivity index (χ1n) is 3.81. The fraction of sp³-hybridized carbons (Fsp3) is 1.00. The minimum absolute atomic E-state index is 0.277. The van der Waals surface area contributed by atoms with Crippen molar-refractivity contribution in [1.29, 1.82) is 0 Å². The van der Waals surface area contributed by atoms with E-state index in [0.717, 1.165) is 6.61 Å². The van der Waals surface area contributed by atoms with E-state index in [1.807, 2.05) is 0 Å². The van der Waals surface area contributed by atoms with Gasteiger partial charge in [0.25, 0.3) is 0 Å². The van der Waals surface area contributed by atoms with E-state index in [9.17, 15) is 0 Å². The zero-order valence-electron chi connectivity index (χ0n) is 6.14. The zero-order chi connectivity index (χ0) is 7.19. The minimum atomic E-state index is 0.277. The average molecular weight is 253 g/mol. The second-order valence-corrected chi connectivity index (χ2v) is 4.50. The van der Waals surface area contributed by atoms with Crippen molar-refractivity contribution in [3.05, 3.63) is 0 Å². The van der Waals surface area contributed by atoms with Gasteiger partial charge in [-0.1, -0.05) is 0 Å². The molecule has 0 aliphatic carbocycles. The lowest BCUT2D eigenvalue weighted by molar-refractivity contribution is 0.155. The lowest BCUT2D eigenvalue weighted by atomic mass is 9.93. The highest BCUT2D eigenvalue weighted by Crippen LogP contribution is 2.42. The van der Waals surface area contributed by atoms with Crippen LogP contribution in [0.4, 0.5) is 0 Å². The van der Waals surface area contributed by atoms with Gasteiger partial charge in [0.15, 0.2) is 0 Å². The van der Waals surface area contributed by atoms with Crippen LogP contribution in [0.3, 0.4) is 0 Å². The molecule has 2 aliphatic heterocycles. The third kappa shape index (κ3) is 0.987. The van der Waals surface area contributed by atoms with E-state index in [4.69, 9.17) is 4.74 Å². The number of ether oxygens (including phenoxy) is 1. The number of hydrogen-bond donors (Lipinski definition) is 0. The van der Waals surface area contributed by atoms with Gasteiger partial charge in [-0.2, -0.15) is 0 Å². The first-order valence-corrected chi connectivity index (χ1v) is 4.77. The molecule has 58 valence electrons. The first kappa shape index (κ1) is 7.31. The molecule has 2 fully saturated rings. The summed E-state index contributed by atoms with van der Waals surface area (Å²) < 4.78 is 7.84. The Bertz CT molecular complexity index is 147. The number of nitrogens with zero attached hydrogens (tertiary/aromatic N) is 1. The molecular weight excluding hydrogens is 241 g/mol. The van der Waals surface area contributed by atoms with Gasteiger partial charge in [0.1, 0.15) is 5.60 Å². The van der Waals surface area contributed by atoms with Crippen LogP contribution in [0.5, 0.6) is 0 Å². The van der Waals surface area contributed by atoms with Crippen LogP contribution in [-0.4, -0.2) is 27.9 Å². The summed E-state index contributed by atoms with van der Waals surface area (Å²) >= 11 is 2.40. The Kier molecular flexibility index (Phi) is 1.69. The van der Waals surface area contributed by atoms with Crippen LogP contribution in [0.25, 0.3) is 0 Å². The third-order valence-electron chi connectivity index (χ3n) is 2.67. The van der Waals surface area contributed by atoms with Crippen LogP contribution in [0, 0.1) is 0 Å². The molecule has 0 amide bonds. The predicted molar refractivity (Wildman–Crippen MR) is 48.1 cm³/mol. The average Bonchev–Trinajstić information content (AvgIpc) is 2.65. The lowest BCUT2D eigenvalue weighted by Crippen LogP contribution is -2.43. The highest BCUT2D eigenvalue weighted by atomic mass is 127. The summed E-state index contributed by atoms with van der Waals surface area (Å²) in [5.74, 6) is 0. The van der Waals surface area contributed by atoms with Crippen LogP contribution in [0.2, 0.25) is 0 Å². The normalized spacial score (nSPS) is 48.0. The zero-order valence-corrected chi connectivity index (χ0v) is 8.30. The molecule has 2 rings (SSSR count). The molecule has 0 saturated carbocycles. The largest absolute Gasteiger partial charge is 0.368 e. The highest BCUT2D eigenvalue weighted by Gasteiger charge is 2.52. The molecule has 10 heavy (non-hydrogen) atoms. The fourth-order valence-electron chi connectivity index (χ4n) is 1.67. The van der Waals surface area contributed by atoms with E-state index in [1.54, 1.807) is 0 Å². The topological polar surface area (TPSA) is 15.8 Å². The molecule has 2 atom stereocenters. The van der Waals surface area contributed by atoms with Crippen molar-refractivity contribution < 1.29 is 4.74 Å². The Balaban J connectivity index is 2.07. The Labute approximate surface area is 75.4 Å². The van der Waals surface area contributed by atoms with E-state index in [1.165, 1.54) is 19.4 Å². The summed E-state index contributed by atoms with van der Waals surface area (Å²) in [6.45, 7) is 4.49. The van der Waals surface area contributed by atoms with Crippen molar-refractivity contribution in [1.82, 2.24) is 3.11 Å². The molecule has 2 aliphatic rings. The van der Waals surface area contributed by atoms with Gasteiger partial charge in [0.2, 0.25) is 0 Å². The molecule has 0 radical (unpaired) electrons. The summed E-state index contributed by atoms with van der Waals surface area (Å²) in [6.07, 6.45) is 2.57. The van der Waals surface area contributed by atoms with Crippen molar-refractivity contribution in [2.24, 2.45) is 0 Å². The summed E-state index contributed by atoms with van der Waals surface area (Å²) in [5.41, 5.74) is 0.277. The third-order valence-corrected chi connectivity index (χ3v) is 3.99. The summed E-state index contributed by atoms with van der Waals surface area (Å²) in [4.78, 5) is 0. The van der Waals surface area contributed by atoms with Crippen molar-refractivity contribution in [2.75, 3.05) is 13.2 Å². The molecule has 0 bridgehead atoms. The van der Waals surface area contributed by atoms with E-state index in [0.29, 0.717) is 6.04 Å². The van der Waals surface area contributed by atoms with Crippen LogP contribution in [0.15, 0.2) is 0 Å². The minimum Gasteiger partial charge on any atom is -0.368 e. The number of piperidine rings is 1. The predicted octanol–water partition coefficient (Wildman–Crippen LogP) is 1.59. The first-order chi connectivity index (χ1) is 4.75. The molecule has 0 aromatic rings. The van der Waals surface area contributed by atoms with E-state index >= 15 is 0 Å². The fourth-order valence-corrected chi connectivity index (χ4v) is 2.51. The molecule has 2 unspecified atom stereocenters. The quantitative estimate of drug-likeness (QED) is 0.370. The number of rotatable bonds is 0. The van der Waals surface area contributed by atoms with Crippen LogP contribution < -0.4 is 0 Å². The standard InChI is InChI=1S/C7H12INO/c1-6-7(5-10-7)3-2-4-9(6)8/h6H,2-5H2,1H3. The van der Waals surface area contributed by atoms with E-state index in [-0.39, 0.29) is 5.60 Å². The molecule has 0 aromatic heterocycles. The molecule has 3 heteroatoms. The smallest absolute Gasteiger partial charge is 0.108 e. The molecule has 1 spiro atoms. The van der Waals surface area contributed by atoms with E-state index < -0.39 is 0 Å². The van der Waals surface area contributed by atoms with Crippen molar-refractivity contribution in [3.63, 3.8) is 0 Å². The van der Waals surface area contributed by atoms with Gasteiger partial charge < -0.3 is 4.74 Å². The molecule has 2 saturated heterocycles. The van der Waals surface area contributed by atoms with Gasteiger partial charge in [0, 0.05) is 35.5 Å². The maximum atomic E-state index is 5.47. The Morgan fingerprint density at radius 1 is 1.70 bits per heavy atom. The monoisotopic (exact) mass is 253 g/mol. The van der Waals surface area contributed by atoms with Gasteiger partial charge in [-0.15, -0.1) is 0 Å². The second kappa shape index (κ2) is 2.32. The molecular formula is C7H12INO. The van der Waals surface area contributed by atoms with Crippen LogP contribution in [0.1, 0.15) is 19.8 Å². The number of epoxide rings is 1. The maximum absolute atomic E-state index is 5.47. The Morgan fingerprint density at radius 3 is 2.90 bits per heavy atom. The maximum Gasteiger partial charge on any atom is 0.108 e. The summed E-state index contributed by atoms with van der Waals surface area (Å²) in [6, 6.07) is 0.627. The van der Waals surface area contributed by atoms with Gasteiger partial charge in [-0.05, 0) is 19.8 Å². The molecule has 2 heterocycles. The number of halogens is 1. The van der Waals surface area contributed by atoms with Gasteiger partial charge in [-0.3, -0.25) is 0 Å². The lowest BCUT2D eigenvalue weighted by Gasteiger charge is -2.32. The Morgan fingerprint density at radius 2 is 2.40 bits per heavy atom. The van der Waals surface area contributed by atoms with Crippen LogP contribution in [-0.2, 0) is 4.74 Å². The second-order valence-electron chi connectivity index (χ2n) is 3.26. The Hall–Kier alpha value is 0.650. The molecule has 0 N–H and O–H groups in total. The van der Waals surface area contributed by atoms with Crippen molar-refractivity contribution in [2.45, 2.75) is 31.4 Å². The van der Waals surface area contributed by atoms with Crippen LogP contribution >= 0.6 is 22.9 Å². The highest BCUT2D eigenvalue weighted by molar-refractivity contribution is 14.1. The molecule has 0 aromatic carbocycles. The van der Waals surface area contributed by atoms with Gasteiger partial charge in [-0.25, -0.2) is 3.11 Å². The van der Waals surface area contributed by atoms with Gasteiger partial charge >= 0.3 is 0 Å². The SMILES string of the molecule is CC1N(I)CCCC12CO2. The van der Waals surface area contributed by atoms with Crippen molar-refractivity contribution in [3.8, 4) is 0 Å². The summed E-state index contributed by atoms with van der Waals surface area (Å²) in [5, 5.41) is 0.